The Bertz CT molecular complexity index is 679. The first-order valence-corrected chi connectivity index (χ1v) is 9.79. The van der Waals surface area contributed by atoms with Crippen LogP contribution in [-0.4, -0.2) is 36.4 Å². The largest absolute Gasteiger partial charge is 0.316 e. The van der Waals surface area contributed by atoms with Crippen LogP contribution in [0.25, 0.3) is 0 Å². The molecule has 3 rings (SSSR count). The molecule has 0 radical (unpaired) electrons. The summed E-state index contributed by atoms with van der Waals surface area (Å²) in [5, 5.41) is 8.66. The lowest BCUT2D eigenvalue weighted by molar-refractivity contribution is 0.601. The molecule has 108 valence electrons. The van der Waals surface area contributed by atoms with E-state index in [4.69, 9.17) is 5.41 Å². The van der Waals surface area contributed by atoms with Crippen molar-refractivity contribution in [2.45, 2.75) is 25.1 Å². The fraction of sp³-hybridized carbons (Fsp3) is 0.462. The van der Waals surface area contributed by atoms with Crippen LogP contribution in [0.15, 0.2) is 16.6 Å². The summed E-state index contributed by atoms with van der Waals surface area (Å²) in [6.07, 6.45) is 0. The first-order valence-electron chi connectivity index (χ1n) is 6.30. The second-order valence-corrected chi connectivity index (χ2v) is 9.66. The fourth-order valence-corrected chi connectivity index (χ4v) is 7.52. The molecule has 0 saturated carbocycles. The van der Waals surface area contributed by atoms with Gasteiger partial charge in [0.2, 0.25) is 0 Å². The van der Waals surface area contributed by atoms with Gasteiger partial charge in [-0.25, -0.2) is 8.42 Å². The Morgan fingerprint density at radius 3 is 2.50 bits per heavy atom. The van der Waals surface area contributed by atoms with Crippen LogP contribution in [0.3, 0.4) is 0 Å². The molecular formula is C13H15BrN2O2S2. The van der Waals surface area contributed by atoms with Crippen molar-refractivity contribution in [3.05, 3.63) is 27.7 Å². The Labute approximate surface area is 131 Å². The van der Waals surface area contributed by atoms with Crippen molar-refractivity contribution in [1.82, 2.24) is 0 Å². The molecule has 0 amide bonds. The van der Waals surface area contributed by atoms with Crippen LogP contribution in [0, 0.1) is 19.3 Å². The molecule has 4 nitrogen and oxygen atoms in total. The number of anilines is 1. The summed E-state index contributed by atoms with van der Waals surface area (Å²) < 4.78 is 24.7. The molecule has 0 bridgehead atoms. The van der Waals surface area contributed by atoms with Crippen LogP contribution in [0.1, 0.15) is 11.1 Å². The van der Waals surface area contributed by atoms with E-state index < -0.39 is 9.84 Å². The lowest BCUT2D eigenvalue weighted by Gasteiger charge is -2.27. The Hall–Kier alpha value is -0.530. The molecule has 1 aromatic carbocycles. The molecule has 1 N–H and O–H groups in total. The zero-order valence-electron chi connectivity index (χ0n) is 11.2. The minimum atomic E-state index is -2.97. The summed E-state index contributed by atoms with van der Waals surface area (Å²) in [5.74, 6) is 0.345. The molecule has 0 aromatic heterocycles. The maximum Gasteiger partial charge on any atom is 0.161 e. The lowest BCUT2D eigenvalue weighted by Crippen LogP contribution is -2.38. The number of nitrogens with zero attached hydrogens (tertiary/aromatic N) is 1. The van der Waals surface area contributed by atoms with Gasteiger partial charge in [0, 0.05) is 15.4 Å². The van der Waals surface area contributed by atoms with Gasteiger partial charge in [-0.3, -0.25) is 5.41 Å². The monoisotopic (exact) mass is 374 g/mol. The summed E-state index contributed by atoms with van der Waals surface area (Å²) in [6, 6.07) is 3.92. The highest BCUT2D eigenvalue weighted by atomic mass is 79.9. The highest BCUT2D eigenvalue weighted by Gasteiger charge is 2.49. The summed E-state index contributed by atoms with van der Waals surface area (Å²) in [6.45, 7) is 4.00. The highest BCUT2D eigenvalue weighted by molar-refractivity contribution is 9.10. The van der Waals surface area contributed by atoms with Gasteiger partial charge in [0.1, 0.15) is 0 Å². The Balaban J connectivity index is 2.08. The van der Waals surface area contributed by atoms with E-state index in [-0.39, 0.29) is 22.8 Å². The topological polar surface area (TPSA) is 61.2 Å². The van der Waals surface area contributed by atoms with Gasteiger partial charge in [-0.05, 0) is 37.1 Å². The minimum absolute atomic E-state index is 0.00468. The Morgan fingerprint density at radius 2 is 1.90 bits per heavy atom. The van der Waals surface area contributed by atoms with Crippen LogP contribution in [-0.2, 0) is 9.84 Å². The van der Waals surface area contributed by atoms with E-state index in [2.05, 4.69) is 15.9 Å². The molecule has 20 heavy (non-hydrogen) atoms. The predicted octanol–water partition coefficient (Wildman–Crippen LogP) is 2.72. The van der Waals surface area contributed by atoms with Gasteiger partial charge >= 0.3 is 0 Å². The first-order chi connectivity index (χ1) is 9.28. The number of thioether (sulfide) groups is 1. The van der Waals surface area contributed by atoms with E-state index in [1.54, 1.807) is 0 Å². The number of hydrogen-bond donors (Lipinski definition) is 1. The average Bonchev–Trinajstić information content (AvgIpc) is 2.70. The SMILES string of the molecule is Cc1cc(Br)cc(C)c1N1C(=N)S[C@H]2CS(=O)(=O)C[C@@H]21. The van der Waals surface area contributed by atoms with Crippen molar-refractivity contribution in [3.8, 4) is 0 Å². The molecule has 0 spiro atoms. The van der Waals surface area contributed by atoms with Gasteiger partial charge in [-0.2, -0.15) is 0 Å². The zero-order chi connectivity index (χ0) is 14.7. The van der Waals surface area contributed by atoms with Gasteiger partial charge in [0.25, 0.3) is 0 Å². The molecule has 2 aliphatic rings. The van der Waals surface area contributed by atoms with Crippen molar-refractivity contribution in [2.75, 3.05) is 16.4 Å². The zero-order valence-corrected chi connectivity index (χ0v) is 14.4. The van der Waals surface area contributed by atoms with Crippen molar-refractivity contribution >= 4 is 48.4 Å². The Morgan fingerprint density at radius 1 is 1.30 bits per heavy atom. The first kappa shape index (κ1) is 14.4. The number of aryl methyl sites for hydroxylation is 2. The number of hydrogen-bond acceptors (Lipinski definition) is 4. The third-order valence-corrected chi connectivity index (χ3v) is 7.37. The molecular weight excluding hydrogens is 360 g/mol. The maximum absolute atomic E-state index is 11.8. The molecule has 0 aliphatic carbocycles. The van der Waals surface area contributed by atoms with Crippen molar-refractivity contribution < 1.29 is 8.42 Å². The van der Waals surface area contributed by atoms with Crippen molar-refractivity contribution in [3.63, 3.8) is 0 Å². The van der Waals surface area contributed by atoms with Crippen LogP contribution < -0.4 is 4.90 Å². The number of benzene rings is 1. The molecule has 2 aliphatic heterocycles. The van der Waals surface area contributed by atoms with Crippen LogP contribution in [0.2, 0.25) is 0 Å². The second-order valence-electron chi connectivity index (χ2n) is 5.36. The van der Waals surface area contributed by atoms with Crippen LogP contribution >= 0.6 is 27.7 Å². The Kier molecular flexibility index (Phi) is 3.42. The number of amidine groups is 1. The quantitative estimate of drug-likeness (QED) is 0.820. The van der Waals surface area contributed by atoms with Gasteiger partial charge in [0.15, 0.2) is 15.0 Å². The van der Waals surface area contributed by atoms with Gasteiger partial charge in [-0.15, -0.1) is 0 Å². The predicted molar refractivity (Wildman–Crippen MR) is 87.6 cm³/mol. The molecule has 2 atom stereocenters. The van der Waals surface area contributed by atoms with E-state index >= 15 is 0 Å². The van der Waals surface area contributed by atoms with Gasteiger partial charge in [-0.1, -0.05) is 27.7 Å². The van der Waals surface area contributed by atoms with Crippen LogP contribution in [0.4, 0.5) is 5.69 Å². The fourth-order valence-electron chi connectivity index (χ4n) is 3.05. The molecule has 1 aromatic rings. The highest BCUT2D eigenvalue weighted by Crippen LogP contribution is 2.42. The lowest BCUT2D eigenvalue weighted by atomic mass is 10.1. The standard InChI is InChI=1S/C13H15BrN2O2S2/c1-7-3-9(14)4-8(2)12(7)16-10-5-20(17,18)6-11(10)19-13(16)15/h3-4,10-11,15H,5-6H2,1-2H3/t10-,11-/m0/s1. The summed E-state index contributed by atoms with van der Waals surface area (Å²) in [5.41, 5.74) is 3.11. The average molecular weight is 375 g/mol. The van der Waals surface area contributed by atoms with E-state index in [0.717, 1.165) is 21.3 Å². The summed E-state index contributed by atoms with van der Waals surface area (Å²) in [4.78, 5) is 1.91. The van der Waals surface area contributed by atoms with Crippen molar-refractivity contribution in [2.24, 2.45) is 0 Å². The van der Waals surface area contributed by atoms with E-state index in [9.17, 15) is 8.42 Å². The third-order valence-electron chi connectivity index (χ3n) is 3.78. The number of fused-ring (bicyclic) bond motifs is 1. The number of rotatable bonds is 1. The molecule has 2 heterocycles. The molecule has 7 heteroatoms. The number of nitrogens with one attached hydrogen (secondary N) is 1. The number of halogens is 1. The second kappa shape index (κ2) is 4.74. The van der Waals surface area contributed by atoms with Crippen molar-refractivity contribution in [1.29, 1.82) is 5.41 Å². The normalized spacial score (nSPS) is 27.9. The van der Waals surface area contributed by atoms with Crippen LogP contribution in [0.5, 0.6) is 0 Å². The molecule has 0 unspecified atom stereocenters. The van der Waals surface area contributed by atoms with E-state index in [0.29, 0.717) is 5.17 Å². The summed E-state index contributed by atoms with van der Waals surface area (Å²) >= 11 is 4.85. The van der Waals surface area contributed by atoms with Gasteiger partial charge in [0.05, 0.1) is 17.5 Å². The minimum Gasteiger partial charge on any atom is -0.316 e. The molecule has 2 saturated heterocycles. The number of sulfone groups is 1. The van der Waals surface area contributed by atoms with Gasteiger partial charge < -0.3 is 4.90 Å². The smallest absolute Gasteiger partial charge is 0.161 e. The van der Waals surface area contributed by atoms with E-state index in [1.165, 1.54) is 11.8 Å². The van der Waals surface area contributed by atoms with E-state index in [1.807, 2.05) is 30.9 Å². The maximum atomic E-state index is 11.8. The molecule has 2 fully saturated rings. The third kappa shape index (κ3) is 2.29. The summed E-state index contributed by atoms with van der Waals surface area (Å²) in [7, 11) is -2.97.